The molecule has 4 rings (SSSR count). The molecule has 0 radical (unpaired) electrons. The second-order valence-electron chi connectivity index (χ2n) is 6.83. The van der Waals surface area contributed by atoms with Crippen LogP contribution in [-0.2, 0) is 6.42 Å². The van der Waals surface area contributed by atoms with Crippen LogP contribution in [0.5, 0.6) is 0 Å². The molecule has 4 nitrogen and oxygen atoms in total. The average molecular weight is 331 g/mol. The van der Waals surface area contributed by atoms with Gasteiger partial charge in [-0.2, -0.15) is 0 Å². The molecule has 0 bridgehead atoms. The molecule has 2 aromatic heterocycles. The van der Waals surface area contributed by atoms with E-state index >= 15 is 0 Å². The summed E-state index contributed by atoms with van der Waals surface area (Å²) in [5.74, 6) is 0.581. The zero-order valence-corrected chi connectivity index (χ0v) is 14.4. The van der Waals surface area contributed by atoms with Crippen molar-refractivity contribution in [2.75, 3.05) is 13.1 Å². The van der Waals surface area contributed by atoms with Gasteiger partial charge < -0.3 is 4.90 Å². The van der Waals surface area contributed by atoms with Gasteiger partial charge >= 0.3 is 0 Å². The Bertz CT molecular complexity index is 904. The molecule has 126 valence electrons. The standard InChI is InChI=1S/C21H21N3O/c1-15-6-7-19(13-22-15)21(25)24-9-8-16(14-24)10-17-11-18-4-2-3-5-20(18)23-12-17/h2-7,11-13,16H,8-10,14H2,1H3. The molecule has 0 spiro atoms. The van der Waals surface area contributed by atoms with Crippen LogP contribution in [0.15, 0.2) is 54.9 Å². The third kappa shape index (κ3) is 3.38. The van der Waals surface area contributed by atoms with Crippen LogP contribution in [0.2, 0.25) is 0 Å². The predicted octanol–water partition coefficient (Wildman–Crippen LogP) is 3.64. The largest absolute Gasteiger partial charge is 0.338 e. The first kappa shape index (κ1) is 15.8. The van der Waals surface area contributed by atoms with E-state index in [1.165, 1.54) is 10.9 Å². The van der Waals surface area contributed by atoms with E-state index in [2.05, 4.69) is 22.1 Å². The lowest BCUT2D eigenvalue weighted by atomic mass is 9.99. The molecule has 1 aliphatic rings. The number of amides is 1. The Balaban J connectivity index is 1.43. The Hall–Kier alpha value is -2.75. The van der Waals surface area contributed by atoms with Crippen LogP contribution in [0.1, 0.15) is 28.0 Å². The van der Waals surface area contributed by atoms with Crippen molar-refractivity contribution in [3.63, 3.8) is 0 Å². The third-order valence-corrected chi connectivity index (χ3v) is 4.90. The zero-order chi connectivity index (χ0) is 17.2. The smallest absolute Gasteiger partial charge is 0.255 e. The highest BCUT2D eigenvalue weighted by Gasteiger charge is 2.27. The van der Waals surface area contributed by atoms with Crippen molar-refractivity contribution >= 4 is 16.8 Å². The van der Waals surface area contributed by atoms with Crippen molar-refractivity contribution in [1.82, 2.24) is 14.9 Å². The van der Waals surface area contributed by atoms with Gasteiger partial charge in [0.2, 0.25) is 0 Å². The Kier molecular flexibility index (Phi) is 4.18. The third-order valence-electron chi connectivity index (χ3n) is 4.90. The first-order valence-electron chi connectivity index (χ1n) is 8.74. The minimum absolute atomic E-state index is 0.0895. The number of nitrogens with zero attached hydrogens (tertiary/aromatic N) is 3. The highest BCUT2D eigenvalue weighted by Crippen LogP contribution is 2.23. The van der Waals surface area contributed by atoms with Crippen molar-refractivity contribution in [1.29, 1.82) is 0 Å². The Morgan fingerprint density at radius 1 is 1.16 bits per heavy atom. The monoisotopic (exact) mass is 331 g/mol. The van der Waals surface area contributed by atoms with Gasteiger partial charge in [-0.25, -0.2) is 0 Å². The fraction of sp³-hybridized carbons (Fsp3) is 0.286. The quantitative estimate of drug-likeness (QED) is 0.736. The van der Waals surface area contributed by atoms with Gasteiger partial charge in [-0.3, -0.25) is 14.8 Å². The number of aryl methyl sites for hydroxylation is 1. The molecular formula is C21H21N3O. The fourth-order valence-corrected chi connectivity index (χ4v) is 3.52. The normalized spacial score (nSPS) is 17.2. The highest BCUT2D eigenvalue weighted by atomic mass is 16.2. The van der Waals surface area contributed by atoms with E-state index in [1.807, 2.05) is 48.4 Å². The number of hydrogen-bond acceptors (Lipinski definition) is 3. The SMILES string of the molecule is Cc1ccc(C(=O)N2CCC(Cc3cnc4ccccc4c3)C2)cn1. The molecular weight excluding hydrogens is 310 g/mol. The van der Waals surface area contributed by atoms with Gasteiger partial charge in [0.1, 0.15) is 0 Å². The van der Waals surface area contributed by atoms with Crippen molar-refractivity contribution in [2.45, 2.75) is 19.8 Å². The van der Waals surface area contributed by atoms with Crippen LogP contribution in [0.25, 0.3) is 10.9 Å². The highest BCUT2D eigenvalue weighted by molar-refractivity contribution is 5.94. The Labute approximate surface area is 147 Å². The second-order valence-corrected chi connectivity index (χ2v) is 6.83. The summed E-state index contributed by atoms with van der Waals surface area (Å²) in [5.41, 5.74) is 3.88. The van der Waals surface area contributed by atoms with E-state index < -0.39 is 0 Å². The molecule has 1 unspecified atom stereocenters. The topological polar surface area (TPSA) is 46.1 Å². The number of carbonyl (C=O) groups is 1. The Morgan fingerprint density at radius 2 is 2.04 bits per heavy atom. The molecule has 0 aliphatic carbocycles. The zero-order valence-electron chi connectivity index (χ0n) is 14.4. The van der Waals surface area contributed by atoms with Gasteiger partial charge in [0.05, 0.1) is 11.1 Å². The second kappa shape index (κ2) is 6.63. The maximum Gasteiger partial charge on any atom is 0.255 e. The summed E-state index contributed by atoms with van der Waals surface area (Å²) >= 11 is 0. The van der Waals surface area contributed by atoms with E-state index in [1.54, 1.807) is 6.20 Å². The summed E-state index contributed by atoms with van der Waals surface area (Å²) in [6.45, 7) is 3.55. The Morgan fingerprint density at radius 3 is 2.88 bits per heavy atom. The van der Waals surface area contributed by atoms with Gasteiger partial charge in [0.15, 0.2) is 0 Å². The van der Waals surface area contributed by atoms with Crippen LogP contribution in [0, 0.1) is 12.8 Å². The van der Waals surface area contributed by atoms with Crippen LogP contribution >= 0.6 is 0 Å². The number of rotatable bonds is 3. The molecule has 1 saturated heterocycles. The van der Waals surface area contributed by atoms with Crippen LogP contribution in [0.4, 0.5) is 0 Å². The number of fused-ring (bicyclic) bond motifs is 1. The van der Waals surface area contributed by atoms with Gasteiger partial charge in [0.25, 0.3) is 5.91 Å². The number of benzene rings is 1. The van der Waals surface area contributed by atoms with Gasteiger partial charge in [0, 0.05) is 36.6 Å². The summed E-state index contributed by atoms with van der Waals surface area (Å²) in [5, 5.41) is 1.18. The van der Waals surface area contributed by atoms with Crippen LogP contribution < -0.4 is 0 Å². The molecule has 1 aromatic carbocycles. The van der Waals surface area contributed by atoms with E-state index in [0.717, 1.165) is 37.1 Å². The maximum atomic E-state index is 12.6. The molecule has 1 amide bonds. The molecule has 1 fully saturated rings. The summed E-state index contributed by atoms with van der Waals surface area (Å²) < 4.78 is 0. The lowest BCUT2D eigenvalue weighted by Gasteiger charge is -2.16. The summed E-state index contributed by atoms with van der Waals surface area (Å²) in [6, 6.07) is 14.2. The minimum atomic E-state index is 0.0895. The number of likely N-dealkylation sites (tertiary alicyclic amines) is 1. The fourth-order valence-electron chi connectivity index (χ4n) is 3.52. The molecule has 4 heteroatoms. The number of hydrogen-bond donors (Lipinski definition) is 0. The van der Waals surface area contributed by atoms with E-state index in [4.69, 9.17) is 0 Å². The van der Waals surface area contributed by atoms with Crippen LogP contribution in [0.3, 0.4) is 0 Å². The first-order valence-corrected chi connectivity index (χ1v) is 8.74. The molecule has 3 heterocycles. The maximum absolute atomic E-state index is 12.6. The summed E-state index contributed by atoms with van der Waals surface area (Å²) in [7, 11) is 0. The van der Waals surface area contributed by atoms with Gasteiger partial charge in [-0.1, -0.05) is 18.2 Å². The lowest BCUT2D eigenvalue weighted by Crippen LogP contribution is -2.29. The number of aromatic nitrogens is 2. The number of carbonyl (C=O) groups excluding carboxylic acids is 1. The van der Waals surface area contributed by atoms with Crippen molar-refractivity contribution in [2.24, 2.45) is 5.92 Å². The summed E-state index contributed by atoms with van der Waals surface area (Å²) in [4.78, 5) is 23.3. The number of pyridine rings is 2. The van der Waals surface area contributed by atoms with Gasteiger partial charge in [-0.05, 0) is 55.5 Å². The van der Waals surface area contributed by atoms with Crippen LogP contribution in [-0.4, -0.2) is 33.9 Å². The molecule has 3 aromatic rings. The van der Waals surface area contributed by atoms with E-state index in [-0.39, 0.29) is 5.91 Å². The summed E-state index contributed by atoms with van der Waals surface area (Å²) in [6.07, 6.45) is 5.65. The molecule has 0 saturated carbocycles. The molecule has 0 N–H and O–H groups in total. The lowest BCUT2D eigenvalue weighted by molar-refractivity contribution is 0.0786. The molecule has 25 heavy (non-hydrogen) atoms. The first-order chi connectivity index (χ1) is 12.2. The van der Waals surface area contributed by atoms with Crippen molar-refractivity contribution in [3.8, 4) is 0 Å². The molecule has 1 aliphatic heterocycles. The van der Waals surface area contributed by atoms with Crippen molar-refractivity contribution < 1.29 is 4.79 Å². The molecule has 1 atom stereocenters. The van der Waals surface area contributed by atoms with Crippen molar-refractivity contribution in [3.05, 3.63) is 71.7 Å². The average Bonchev–Trinajstić information content (AvgIpc) is 3.10. The minimum Gasteiger partial charge on any atom is -0.338 e. The van der Waals surface area contributed by atoms with E-state index in [9.17, 15) is 4.79 Å². The predicted molar refractivity (Wildman–Crippen MR) is 98.4 cm³/mol. The van der Waals surface area contributed by atoms with Gasteiger partial charge in [-0.15, -0.1) is 0 Å². The number of para-hydroxylation sites is 1. The van der Waals surface area contributed by atoms with E-state index in [0.29, 0.717) is 11.5 Å².